The van der Waals surface area contributed by atoms with Crippen LogP contribution in [-0.4, -0.2) is 14.8 Å². The van der Waals surface area contributed by atoms with Gasteiger partial charge < -0.3 is 0 Å². The standard InChI is InChI=1S/C43H30N4/c1-43(2)37-19-11-10-14-31(37)32-25-24-30(26-38(32)43)46(29-22-20-28(21-23-29)27-12-4-3-5-13-27)42-36-18-9-7-16-34(36)39-33-15-6-8-17-35(33)40-41(39)47(42)45-44-40/h3-26H,1-2H3. The Labute approximate surface area is 272 Å². The van der Waals surface area contributed by atoms with Crippen LogP contribution in [-0.2, 0) is 5.41 Å². The lowest BCUT2D eigenvalue weighted by Gasteiger charge is -2.29. The molecule has 0 aliphatic heterocycles. The average Bonchev–Trinajstić information content (AvgIpc) is 3.77. The number of fused-ring (bicyclic) bond motifs is 8. The number of pyridine rings is 1. The van der Waals surface area contributed by atoms with Gasteiger partial charge in [-0.05, 0) is 68.4 Å². The van der Waals surface area contributed by atoms with E-state index in [2.05, 4.69) is 169 Å². The van der Waals surface area contributed by atoms with E-state index in [1.54, 1.807) is 0 Å². The second-order valence-electron chi connectivity index (χ2n) is 13.1. The van der Waals surface area contributed by atoms with Gasteiger partial charge in [0.05, 0.1) is 0 Å². The van der Waals surface area contributed by atoms with Crippen LogP contribution in [0.2, 0.25) is 0 Å². The summed E-state index contributed by atoms with van der Waals surface area (Å²) in [4.78, 5) is 2.38. The second kappa shape index (κ2) is 9.51. The lowest BCUT2D eigenvalue weighted by molar-refractivity contribution is 0.660. The summed E-state index contributed by atoms with van der Waals surface area (Å²) in [5, 5.41) is 15.5. The summed E-state index contributed by atoms with van der Waals surface area (Å²) >= 11 is 0. The molecule has 0 bridgehead atoms. The normalized spacial score (nSPS) is 13.5. The molecule has 2 aromatic heterocycles. The van der Waals surface area contributed by atoms with Gasteiger partial charge in [0.15, 0.2) is 0 Å². The van der Waals surface area contributed by atoms with E-state index in [9.17, 15) is 0 Å². The zero-order chi connectivity index (χ0) is 31.3. The Balaban J connectivity index is 1.28. The van der Waals surface area contributed by atoms with E-state index in [1.165, 1.54) is 49.5 Å². The molecule has 4 nitrogen and oxygen atoms in total. The van der Waals surface area contributed by atoms with Gasteiger partial charge in [0.2, 0.25) is 0 Å². The van der Waals surface area contributed by atoms with Crippen LogP contribution in [0.1, 0.15) is 25.0 Å². The first kappa shape index (κ1) is 26.2. The second-order valence-corrected chi connectivity index (χ2v) is 13.1. The smallest absolute Gasteiger partial charge is 0.149 e. The summed E-state index contributed by atoms with van der Waals surface area (Å²) in [6.07, 6.45) is 0. The zero-order valence-corrected chi connectivity index (χ0v) is 26.1. The molecule has 0 unspecified atom stereocenters. The molecule has 222 valence electrons. The Kier molecular flexibility index (Phi) is 5.31. The third-order valence-electron chi connectivity index (χ3n) is 10.3. The molecule has 0 saturated heterocycles. The van der Waals surface area contributed by atoms with Gasteiger partial charge >= 0.3 is 0 Å². The molecule has 0 fully saturated rings. The summed E-state index contributed by atoms with van der Waals surface area (Å²) in [6, 6.07) is 52.5. The molecule has 0 N–H and O–H groups in total. The number of benzene rings is 6. The Morgan fingerprint density at radius 3 is 1.91 bits per heavy atom. The number of anilines is 3. The molecular weight excluding hydrogens is 573 g/mol. The largest absolute Gasteiger partial charge is 0.294 e. The molecule has 9 aromatic rings. The lowest BCUT2D eigenvalue weighted by Crippen LogP contribution is -2.18. The summed E-state index contributed by atoms with van der Waals surface area (Å²) in [7, 11) is 0. The van der Waals surface area contributed by atoms with Crippen molar-refractivity contribution in [3.63, 3.8) is 0 Å². The predicted molar refractivity (Wildman–Crippen MR) is 194 cm³/mol. The van der Waals surface area contributed by atoms with Crippen molar-refractivity contribution in [2.45, 2.75) is 19.3 Å². The van der Waals surface area contributed by atoms with Crippen LogP contribution in [0.3, 0.4) is 0 Å². The van der Waals surface area contributed by atoms with Crippen LogP contribution in [0.25, 0.3) is 60.2 Å². The molecule has 7 aromatic carbocycles. The maximum atomic E-state index is 4.87. The van der Waals surface area contributed by atoms with E-state index < -0.39 is 0 Å². The first-order valence-corrected chi connectivity index (χ1v) is 16.2. The van der Waals surface area contributed by atoms with Gasteiger partial charge in [-0.15, -0.1) is 5.10 Å². The third kappa shape index (κ3) is 3.58. The van der Waals surface area contributed by atoms with Crippen LogP contribution in [0.4, 0.5) is 17.2 Å². The number of nitrogens with zero attached hydrogens (tertiary/aromatic N) is 4. The number of rotatable bonds is 4. The average molecular weight is 603 g/mol. The van der Waals surface area contributed by atoms with Gasteiger partial charge in [0.1, 0.15) is 16.9 Å². The first-order valence-electron chi connectivity index (χ1n) is 16.2. The van der Waals surface area contributed by atoms with Crippen LogP contribution in [0.5, 0.6) is 0 Å². The van der Waals surface area contributed by atoms with Gasteiger partial charge in [0.25, 0.3) is 0 Å². The van der Waals surface area contributed by atoms with Crippen molar-refractivity contribution in [3.8, 4) is 22.3 Å². The third-order valence-corrected chi connectivity index (χ3v) is 10.3. The van der Waals surface area contributed by atoms with Crippen molar-refractivity contribution in [2.75, 3.05) is 4.90 Å². The fourth-order valence-electron chi connectivity index (χ4n) is 8.03. The maximum Gasteiger partial charge on any atom is 0.149 e. The molecule has 47 heavy (non-hydrogen) atoms. The number of hydrogen-bond acceptors (Lipinski definition) is 3. The van der Waals surface area contributed by atoms with Crippen molar-refractivity contribution in [2.24, 2.45) is 0 Å². The molecular formula is C43H30N4. The highest BCUT2D eigenvalue weighted by molar-refractivity contribution is 6.31. The van der Waals surface area contributed by atoms with E-state index >= 15 is 0 Å². The van der Waals surface area contributed by atoms with Gasteiger partial charge in [-0.25, -0.2) is 0 Å². The van der Waals surface area contributed by atoms with Crippen molar-refractivity contribution in [1.29, 1.82) is 0 Å². The van der Waals surface area contributed by atoms with E-state index in [0.29, 0.717) is 0 Å². The number of aromatic nitrogens is 3. The highest BCUT2D eigenvalue weighted by Gasteiger charge is 2.36. The summed E-state index contributed by atoms with van der Waals surface area (Å²) in [5.41, 5.74) is 11.7. The minimum absolute atomic E-state index is 0.128. The minimum atomic E-state index is -0.128. The van der Waals surface area contributed by atoms with E-state index in [1.807, 2.05) is 0 Å². The fraction of sp³-hybridized carbons (Fsp3) is 0.0698. The van der Waals surface area contributed by atoms with Crippen molar-refractivity contribution < 1.29 is 0 Å². The van der Waals surface area contributed by atoms with Crippen molar-refractivity contribution >= 4 is 55.2 Å². The Hall–Kier alpha value is -6.00. The Bertz CT molecular complexity index is 2650. The summed E-state index contributed by atoms with van der Waals surface area (Å²) in [6.45, 7) is 4.68. The minimum Gasteiger partial charge on any atom is -0.294 e. The van der Waals surface area contributed by atoms with E-state index in [0.717, 1.165) is 39.0 Å². The Morgan fingerprint density at radius 1 is 0.532 bits per heavy atom. The molecule has 1 aliphatic carbocycles. The quantitative estimate of drug-likeness (QED) is 0.201. The molecule has 0 spiro atoms. The van der Waals surface area contributed by atoms with Crippen molar-refractivity contribution in [1.82, 2.24) is 14.8 Å². The molecule has 2 heterocycles. The summed E-state index contributed by atoms with van der Waals surface area (Å²) < 4.78 is 2.07. The van der Waals surface area contributed by atoms with Crippen LogP contribution in [0.15, 0.2) is 146 Å². The van der Waals surface area contributed by atoms with E-state index in [4.69, 9.17) is 10.3 Å². The summed E-state index contributed by atoms with van der Waals surface area (Å²) in [5.74, 6) is 0.978. The highest BCUT2D eigenvalue weighted by atomic mass is 15.4. The van der Waals surface area contributed by atoms with Crippen LogP contribution in [0, 0.1) is 0 Å². The monoisotopic (exact) mass is 602 g/mol. The van der Waals surface area contributed by atoms with E-state index in [-0.39, 0.29) is 5.41 Å². The van der Waals surface area contributed by atoms with Gasteiger partial charge in [-0.2, -0.15) is 4.52 Å². The maximum absolute atomic E-state index is 4.87. The number of hydrogen-bond donors (Lipinski definition) is 0. The van der Waals surface area contributed by atoms with Crippen LogP contribution < -0.4 is 4.90 Å². The van der Waals surface area contributed by atoms with Crippen molar-refractivity contribution in [3.05, 3.63) is 157 Å². The predicted octanol–water partition coefficient (Wildman–Crippen LogP) is 11.1. The highest BCUT2D eigenvalue weighted by Crippen LogP contribution is 2.52. The molecule has 4 heteroatoms. The molecule has 0 saturated carbocycles. The first-order chi connectivity index (χ1) is 23.1. The lowest BCUT2D eigenvalue weighted by atomic mass is 9.82. The zero-order valence-electron chi connectivity index (χ0n) is 26.1. The molecule has 0 atom stereocenters. The topological polar surface area (TPSA) is 33.4 Å². The van der Waals surface area contributed by atoms with Crippen LogP contribution >= 0.6 is 0 Å². The van der Waals surface area contributed by atoms with Gasteiger partial charge in [0, 0.05) is 32.9 Å². The van der Waals surface area contributed by atoms with Gasteiger partial charge in [-0.1, -0.05) is 140 Å². The molecule has 10 rings (SSSR count). The SMILES string of the molecule is CC1(C)c2ccccc2-c2ccc(N(c3ccc(-c4ccccc4)cc3)c3c4ccccc4c4c5ccccc5c5nnn3c54)cc21. The fourth-order valence-corrected chi connectivity index (χ4v) is 8.03. The van der Waals surface area contributed by atoms with Gasteiger partial charge in [-0.3, -0.25) is 4.90 Å². The Morgan fingerprint density at radius 2 is 1.13 bits per heavy atom. The molecule has 0 amide bonds. The molecule has 1 aliphatic rings. The molecule has 0 radical (unpaired) electrons.